The molecule has 12 heavy (non-hydrogen) atoms. The van der Waals surface area contributed by atoms with Crippen LogP contribution in [0.15, 0.2) is 0 Å². The Bertz CT molecular complexity index is 239. The number of morpholine rings is 1. The van der Waals surface area contributed by atoms with Crippen LogP contribution in [0.1, 0.15) is 13.3 Å². The van der Waals surface area contributed by atoms with E-state index in [-0.39, 0.29) is 6.10 Å². The van der Waals surface area contributed by atoms with Crippen LogP contribution in [-0.4, -0.2) is 38.5 Å². The van der Waals surface area contributed by atoms with E-state index >= 15 is 0 Å². The summed E-state index contributed by atoms with van der Waals surface area (Å²) in [6.07, 6.45) is 0.809. The zero-order chi connectivity index (χ0) is 9.19. The summed E-state index contributed by atoms with van der Waals surface area (Å²) in [7, 11) is -3.52. The normalized spacial score (nSPS) is 27.3. The average molecular weight is 194 g/mol. The third-order valence-corrected chi connectivity index (χ3v) is 2.97. The second kappa shape index (κ2) is 3.69. The highest BCUT2D eigenvalue weighted by atomic mass is 32.2. The Labute approximate surface area is 72.7 Å². The molecule has 1 aliphatic rings. The van der Waals surface area contributed by atoms with Gasteiger partial charge in [0.2, 0.25) is 0 Å². The Hall–Kier alpha value is -0.170. The summed E-state index contributed by atoms with van der Waals surface area (Å²) in [6.45, 7) is 3.15. The minimum Gasteiger partial charge on any atom is -0.375 e. The van der Waals surface area contributed by atoms with Crippen molar-refractivity contribution in [3.8, 4) is 0 Å². The van der Waals surface area contributed by atoms with E-state index in [1.807, 2.05) is 6.92 Å². The van der Waals surface area contributed by atoms with Crippen molar-refractivity contribution in [2.75, 3.05) is 19.7 Å². The summed E-state index contributed by atoms with van der Waals surface area (Å²) < 4.78 is 28.3. The zero-order valence-electron chi connectivity index (χ0n) is 7.06. The topological polar surface area (TPSA) is 72.6 Å². The highest BCUT2D eigenvalue weighted by molar-refractivity contribution is 7.86. The lowest BCUT2D eigenvalue weighted by atomic mass is 10.2. The van der Waals surface area contributed by atoms with Crippen molar-refractivity contribution < 1.29 is 13.2 Å². The molecule has 0 amide bonds. The van der Waals surface area contributed by atoms with Gasteiger partial charge in [0.25, 0.3) is 10.2 Å². The molecule has 1 saturated heterocycles. The van der Waals surface area contributed by atoms with Crippen LogP contribution in [0.25, 0.3) is 0 Å². The lowest BCUT2D eigenvalue weighted by molar-refractivity contribution is -0.00277. The lowest BCUT2D eigenvalue weighted by Crippen LogP contribution is -2.47. The van der Waals surface area contributed by atoms with Crippen LogP contribution in [0.5, 0.6) is 0 Å². The predicted octanol–water partition coefficient (Wildman–Crippen LogP) is -0.699. The quantitative estimate of drug-likeness (QED) is 0.632. The third kappa shape index (κ3) is 2.41. The van der Waals surface area contributed by atoms with Gasteiger partial charge in [0, 0.05) is 13.1 Å². The van der Waals surface area contributed by atoms with Crippen LogP contribution in [0, 0.1) is 0 Å². The van der Waals surface area contributed by atoms with E-state index in [1.54, 1.807) is 0 Å². The van der Waals surface area contributed by atoms with E-state index in [0.29, 0.717) is 19.7 Å². The molecule has 0 spiro atoms. The van der Waals surface area contributed by atoms with Crippen molar-refractivity contribution in [2.24, 2.45) is 5.14 Å². The predicted molar refractivity (Wildman–Crippen MR) is 44.7 cm³/mol. The Kier molecular flexibility index (Phi) is 3.05. The standard InChI is InChI=1S/C6H14N2O3S/c1-2-6-5-8(3-4-11-6)12(7,9)10/h6H,2-5H2,1H3,(H2,7,9,10). The van der Waals surface area contributed by atoms with Crippen molar-refractivity contribution in [1.29, 1.82) is 0 Å². The molecular weight excluding hydrogens is 180 g/mol. The van der Waals surface area contributed by atoms with E-state index < -0.39 is 10.2 Å². The molecule has 1 atom stereocenters. The second-order valence-electron chi connectivity index (χ2n) is 2.80. The molecule has 0 radical (unpaired) electrons. The van der Waals surface area contributed by atoms with Gasteiger partial charge in [0.1, 0.15) is 0 Å². The number of ether oxygens (including phenoxy) is 1. The van der Waals surface area contributed by atoms with Crippen molar-refractivity contribution in [3.63, 3.8) is 0 Å². The Morgan fingerprint density at radius 3 is 2.83 bits per heavy atom. The monoisotopic (exact) mass is 194 g/mol. The molecule has 5 nitrogen and oxygen atoms in total. The maximum absolute atomic E-state index is 10.9. The summed E-state index contributed by atoms with van der Waals surface area (Å²) in [5.41, 5.74) is 0. The van der Waals surface area contributed by atoms with Crippen molar-refractivity contribution >= 4 is 10.2 Å². The maximum atomic E-state index is 10.9. The van der Waals surface area contributed by atoms with Crippen LogP contribution >= 0.6 is 0 Å². The molecule has 1 fully saturated rings. The van der Waals surface area contributed by atoms with E-state index in [0.717, 1.165) is 6.42 Å². The summed E-state index contributed by atoms with van der Waals surface area (Å²) in [5, 5.41) is 4.97. The molecule has 1 heterocycles. The SMILES string of the molecule is CCC1CN(S(N)(=O)=O)CCO1. The number of nitrogens with two attached hydrogens (primary N) is 1. The van der Waals surface area contributed by atoms with Gasteiger partial charge in [0.05, 0.1) is 12.7 Å². The lowest BCUT2D eigenvalue weighted by Gasteiger charge is -2.30. The molecule has 72 valence electrons. The highest BCUT2D eigenvalue weighted by Gasteiger charge is 2.25. The van der Waals surface area contributed by atoms with Crippen molar-refractivity contribution in [2.45, 2.75) is 19.4 Å². The van der Waals surface area contributed by atoms with Crippen LogP contribution in [0.4, 0.5) is 0 Å². The van der Waals surface area contributed by atoms with Crippen LogP contribution in [0.3, 0.4) is 0 Å². The molecule has 0 aromatic rings. The number of rotatable bonds is 2. The van der Waals surface area contributed by atoms with Gasteiger partial charge in [-0.15, -0.1) is 0 Å². The molecule has 0 aliphatic carbocycles. The first-order chi connectivity index (χ1) is 5.54. The minimum absolute atomic E-state index is 0.00271. The van der Waals surface area contributed by atoms with Crippen molar-refractivity contribution in [3.05, 3.63) is 0 Å². The van der Waals surface area contributed by atoms with E-state index in [1.165, 1.54) is 4.31 Å². The number of hydrogen-bond donors (Lipinski definition) is 1. The van der Waals surface area contributed by atoms with Gasteiger partial charge in [-0.05, 0) is 6.42 Å². The fourth-order valence-corrected chi connectivity index (χ4v) is 1.87. The van der Waals surface area contributed by atoms with E-state index in [9.17, 15) is 8.42 Å². The minimum atomic E-state index is -3.52. The fraction of sp³-hybridized carbons (Fsp3) is 1.00. The molecular formula is C6H14N2O3S. The third-order valence-electron chi connectivity index (χ3n) is 1.92. The van der Waals surface area contributed by atoms with Gasteiger partial charge in [-0.2, -0.15) is 12.7 Å². The average Bonchev–Trinajstić information content (AvgIpc) is 2.03. The smallest absolute Gasteiger partial charge is 0.277 e. The van der Waals surface area contributed by atoms with Gasteiger partial charge in [-0.1, -0.05) is 6.92 Å². The van der Waals surface area contributed by atoms with Crippen LogP contribution in [-0.2, 0) is 14.9 Å². The van der Waals surface area contributed by atoms with Crippen molar-refractivity contribution in [1.82, 2.24) is 4.31 Å². The van der Waals surface area contributed by atoms with Gasteiger partial charge < -0.3 is 4.74 Å². The Balaban J connectivity index is 2.58. The van der Waals surface area contributed by atoms with Gasteiger partial charge in [-0.3, -0.25) is 0 Å². The molecule has 0 aromatic carbocycles. The summed E-state index contributed by atoms with van der Waals surface area (Å²) in [4.78, 5) is 0. The Morgan fingerprint density at radius 2 is 2.33 bits per heavy atom. The van der Waals surface area contributed by atoms with Gasteiger partial charge in [0.15, 0.2) is 0 Å². The zero-order valence-corrected chi connectivity index (χ0v) is 7.88. The molecule has 0 bridgehead atoms. The molecule has 2 N–H and O–H groups in total. The summed E-state index contributed by atoms with van der Waals surface area (Å²) in [5.74, 6) is 0. The molecule has 1 aliphatic heterocycles. The first kappa shape index (κ1) is 9.91. The molecule has 1 unspecified atom stereocenters. The van der Waals surface area contributed by atoms with Gasteiger partial charge in [-0.25, -0.2) is 5.14 Å². The first-order valence-electron chi connectivity index (χ1n) is 3.93. The fourth-order valence-electron chi connectivity index (χ4n) is 1.17. The Morgan fingerprint density at radius 1 is 1.67 bits per heavy atom. The van der Waals surface area contributed by atoms with Gasteiger partial charge >= 0.3 is 0 Å². The number of hydrogen-bond acceptors (Lipinski definition) is 3. The van der Waals surface area contributed by atoms with Crippen LogP contribution < -0.4 is 5.14 Å². The van der Waals surface area contributed by atoms with E-state index in [2.05, 4.69) is 0 Å². The first-order valence-corrected chi connectivity index (χ1v) is 5.44. The number of nitrogens with zero attached hydrogens (tertiary/aromatic N) is 1. The second-order valence-corrected chi connectivity index (χ2v) is 4.35. The molecule has 1 rings (SSSR count). The largest absolute Gasteiger partial charge is 0.375 e. The highest BCUT2D eigenvalue weighted by Crippen LogP contribution is 2.09. The molecule has 0 saturated carbocycles. The summed E-state index contributed by atoms with van der Waals surface area (Å²) >= 11 is 0. The molecule has 0 aromatic heterocycles. The van der Waals surface area contributed by atoms with E-state index in [4.69, 9.17) is 9.88 Å². The summed E-state index contributed by atoms with van der Waals surface area (Å²) in [6, 6.07) is 0. The molecule has 6 heteroatoms. The maximum Gasteiger partial charge on any atom is 0.277 e. The van der Waals surface area contributed by atoms with Crippen LogP contribution in [0.2, 0.25) is 0 Å².